The topological polar surface area (TPSA) is 87.8 Å². The molecule has 6 rings (SSSR count). The zero-order chi connectivity index (χ0) is 28.0. The highest BCUT2D eigenvalue weighted by molar-refractivity contribution is 6.33. The standard InChI is InChI=1S/C29H17F4N5O2/c1-40-20(39)13-34-26-21(14-5-3-2-4-6-14)19-12-17-8-7-15(35-17)11-16-9-10-18(36-16)22(30)27-23(31)24(32)28(38-27)25(33)29(26)37-19/h2-12,34H,13H2,1H3. The average Bonchev–Trinajstić information content (AvgIpc) is 3.75. The molecule has 0 spiro atoms. The number of allylic oxidation sites excluding steroid dienone is 11. The predicted molar refractivity (Wildman–Crippen MR) is 143 cm³/mol. The molecule has 8 bridgehead atoms. The molecule has 1 aromatic carbocycles. The van der Waals surface area contributed by atoms with E-state index in [1.54, 1.807) is 54.6 Å². The molecule has 1 aromatic rings. The molecule has 5 aliphatic rings. The smallest absolute Gasteiger partial charge is 0.325 e. The molecule has 0 saturated heterocycles. The number of halogens is 4. The fourth-order valence-electron chi connectivity index (χ4n) is 4.41. The minimum Gasteiger partial charge on any atom is -0.468 e. The maximum absolute atomic E-state index is 16.1. The van der Waals surface area contributed by atoms with E-state index in [0.717, 1.165) is 0 Å². The van der Waals surface area contributed by atoms with Gasteiger partial charge in [-0.15, -0.1) is 0 Å². The summed E-state index contributed by atoms with van der Waals surface area (Å²) in [7, 11) is 1.18. The van der Waals surface area contributed by atoms with Crippen LogP contribution in [0.5, 0.6) is 0 Å². The fraction of sp³-hybridized carbons (Fsp3) is 0.0690. The lowest BCUT2D eigenvalue weighted by molar-refractivity contribution is -0.139. The van der Waals surface area contributed by atoms with Gasteiger partial charge in [0.25, 0.3) is 0 Å². The number of methoxy groups -OCH3 is 1. The molecule has 0 atom stereocenters. The number of carbonyl (C=O) groups excluding carboxylic acids is 1. The Balaban J connectivity index is 1.64. The SMILES string of the molecule is COC(=O)CNC1=C(c2ccccc2)C2=NC1=C(F)C1=NC(=C(F)C3=NC(=CC4=NC(=C2)C=C4)C=C3)C(F)=C1F. The van der Waals surface area contributed by atoms with E-state index < -0.39 is 46.4 Å². The first-order chi connectivity index (χ1) is 19.3. The highest BCUT2D eigenvalue weighted by atomic mass is 19.2. The van der Waals surface area contributed by atoms with Crippen LogP contribution in [-0.4, -0.2) is 42.5 Å². The van der Waals surface area contributed by atoms with E-state index in [9.17, 15) is 9.18 Å². The van der Waals surface area contributed by atoms with Crippen LogP contribution in [0.3, 0.4) is 0 Å². The molecule has 0 aliphatic carbocycles. The van der Waals surface area contributed by atoms with Crippen molar-refractivity contribution in [3.05, 3.63) is 124 Å². The van der Waals surface area contributed by atoms with E-state index in [4.69, 9.17) is 4.74 Å². The summed E-state index contributed by atoms with van der Waals surface area (Å²) >= 11 is 0. The first-order valence-corrected chi connectivity index (χ1v) is 12.0. The average molecular weight is 543 g/mol. The maximum Gasteiger partial charge on any atom is 0.325 e. The Kier molecular flexibility index (Phi) is 6.18. The molecular weight excluding hydrogens is 526 g/mol. The molecule has 5 heterocycles. The molecule has 11 heteroatoms. The third-order valence-electron chi connectivity index (χ3n) is 6.28. The number of rotatable bonds is 4. The summed E-state index contributed by atoms with van der Waals surface area (Å²) in [5.41, 5.74) is -0.445. The second kappa shape index (κ2) is 9.84. The molecule has 1 N–H and O–H groups in total. The van der Waals surface area contributed by atoms with Crippen molar-refractivity contribution < 1.29 is 27.1 Å². The minimum atomic E-state index is -1.69. The van der Waals surface area contributed by atoms with Crippen LogP contribution in [0.2, 0.25) is 0 Å². The van der Waals surface area contributed by atoms with E-state index in [1.165, 1.54) is 19.3 Å². The molecule has 0 saturated carbocycles. The summed E-state index contributed by atoms with van der Waals surface area (Å²) in [4.78, 5) is 28.6. The molecule has 5 aliphatic heterocycles. The van der Waals surface area contributed by atoms with E-state index in [-0.39, 0.29) is 23.7 Å². The molecule has 0 radical (unpaired) electrons. The van der Waals surface area contributed by atoms with Crippen molar-refractivity contribution in [2.75, 3.05) is 13.7 Å². The highest BCUT2D eigenvalue weighted by Gasteiger charge is 2.36. The first-order valence-electron chi connectivity index (χ1n) is 12.0. The second-order valence-electron chi connectivity index (χ2n) is 8.80. The Morgan fingerprint density at radius 3 is 2.30 bits per heavy atom. The van der Waals surface area contributed by atoms with Gasteiger partial charge >= 0.3 is 5.97 Å². The van der Waals surface area contributed by atoms with Gasteiger partial charge in [0.15, 0.2) is 23.3 Å². The normalized spacial score (nSPS) is 19.6. The fourth-order valence-corrected chi connectivity index (χ4v) is 4.41. The van der Waals surface area contributed by atoms with Crippen LogP contribution in [0.15, 0.2) is 139 Å². The maximum atomic E-state index is 16.1. The third kappa shape index (κ3) is 4.31. The van der Waals surface area contributed by atoms with Crippen molar-refractivity contribution in [3.8, 4) is 0 Å². The van der Waals surface area contributed by atoms with Gasteiger partial charge in [-0.25, -0.2) is 37.5 Å². The number of carbonyl (C=O) groups is 1. The first kappa shape index (κ1) is 25.1. The molecule has 0 aromatic heterocycles. The van der Waals surface area contributed by atoms with Gasteiger partial charge < -0.3 is 10.1 Å². The summed E-state index contributed by atoms with van der Waals surface area (Å²) in [5.74, 6) is -6.67. The van der Waals surface area contributed by atoms with Gasteiger partial charge in [-0.3, -0.25) is 4.79 Å². The number of benzene rings is 1. The van der Waals surface area contributed by atoms with E-state index in [0.29, 0.717) is 28.2 Å². The Hall–Kier alpha value is -5.19. The van der Waals surface area contributed by atoms with Crippen LogP contribution in [0.25, 0.3) is 5.57 Å². The number of nitrogens with zero attached hydrogens (tertiary/aromatic N) is 4. The van der Waals surface area contributed by atoms with Crippen molar-refractivity contribution in [3.63, 3.8) is 0 Å². The number of aliphatic imine (C=N–C) groups is 4. The Labute approximate surface area is 224 Å². The Morgan fingerprint density at radius 1 is 0.775 bits per heavy atom. The number of nitrogens with one attached hydrogen (secondary N) is 1. The number of hydrogen-bond donors (Lipinski definition) is 1. The van der Waals surface area contributed by atoms with Crippen LogP contribution >= 0.6 is 0 Å². The third-order valence-corrected chi connectivity index (χ3v) is 6.28. The molecule has 0 amide bonds. The van der Waals surface area contributed by atoms with Crippen LogP contribution in [-0.2, 0) is 9.53 Å². The number of hydrogen-bond acceptors (Lipinski definition) is 7. The lowest BCUT2D eigenvalue weighted by atomic mass is 9.98. The molecule has 40 heavy (non-hydrogen) atoms. The van der Waals surface area contributed by atoms with Crippen LogP contribution < -0.4 is 5.32 Å². The summed E-state index contributed by atoms with van der Waals surface area (Å²) < 4.78 is 66.0. The Morgan fingerprint density at radius 2 is 1.52 bits per heavy atom. The van der Waals surface area contributed by atoms with Crippen molar-refractivity contribution in [1.82, 2.24) is 5.32 Å². The van der Waals surface area contributed by atoms with Gasteiger partial charge in [0.05, 0.1) is 35.6 Å². The molecular formula is C29H17F4N5O2. The zero-order valence-corrected chi connectivity index (χ0v) is 20.7. The van der Waals surface area contributed by atoms with Gasteiger partial charge in [-0.2, -0.15) is 0 Å². The quantitative estimate of drug-likeness (QED) is 0.408. The van der Waals surface area contributed by atoms with E-state index in [2.05, 4.69) is 25.3 Å². The van der Waals surface area contributed by atoms with Gasteiger partial charge in [0.1, 0.15) is 29.4 Å². The summed E-state index contributed by atoms with van der Waals surface area (Å²) in [5, 5.41) is 2.81. The minimum absolute atomic E-state index is 0.00117. The highest BCUT2D eigenvalue weighted by Crippen LogP contribution is 2.39. The number of esters is 1. The van der Waals surface area contributed by atoms with Crippen molar-refractivity contribution in [1.29, 1.82) is 0 Å². The van der Waals surface area contributed by atoms with Crippen LogP contribution in [0.4, 0.5) is 17.6 Å². The van der Waals surface area contributed by atoms with Crippen molar-refractivity contribution in [2.24, 2.45) is 20.0 Å². The molecule has 0 fully saturated rings. The Bertz CT molecular complexity index is 1760. The van der Waals surface area contributed by atoms with Gasteiger partial charge in [0.2, 0.25) is 0 Å². The van der Waals surface area contributed by atoms with Gasteiger partial charge in [0, 0.05) is 5.57 Å². The zero-order valence-electron chi connectivity index (χ0n) is 20.7. The van der Waals surface area contributed by atoms with Gasteiger partial charge in [-0.05, 0) is 42.0 Å². The second-order valence-corrected chi connectivity index (χ2v) is 8.80. The summed E-state index contributed by atoms with van der Waals surface area (Å²) in [6.45, 7) is -0.390. The van der Waals surface area contributed by atoms with E-state index >= 15 is 13.2 Å². The summed E-state index contributed by atoms with van der Waals surface area (Å²) in [6, 6.07) is 8.75. The lowest BCUT2D eigenvalue weighted by Gasteiger charge is -2.12. The number of ether oxygens (including phenoxy) is 1. The van der Waals surface area contributed by atoms with Crippen molar-refractivity contribution >= 4 is 34.4 Å². The van der Waals surface area contributed by atoms with Crippen LogP contribution in [0, 0.1) is 0 Å². The largest absolute Gasteiger partial charge is 0.468 e. The van der Waals surface area contributed by atoms with Gasteiger partial charge in [-0.1, -0.05) is 30.3 Å². The van der Waals surface area contributed by atoms with Crippen LogP contribution in [0.1, 0.15) is 5.56 Å². The molecule has 0 unspecified atom stereocenters. The summed E-state index contributed by atoms with van der Waals surface area (Å²) in [6.07, 6.45) is 9.32. The monoisotopic (exact) mass is 543 g/mol. The lowest BCUT2D eigenvalue weighted by Crippen LogP contribution is -2.25. The molecule has 7 nitrogen and oxygen atoms in total. The van der Waals surface area contributed by atoms with E-state index in [1.807, 2.05) is 0 Å². The predicted octanol–water partition coefficient (Wildman–Crippen LogP) is 5.39. The molecule has 198 valence electrons. The number of fused-ring (bicyclic) bond motifs is 4. The van der Waals surface area contributed by atoms with Crippen molar-refractivity contribution in [2.45, 2.75) is 0 Å².